The first-order valence-electron chi connectivity index (χ1n) is 11.0. The highest BCUT2D eigenvalue weighted by atomic mass is 35.5. The first-order valence-corrected chi connectivity index (χ1v) is 11.4. The molecule has 1 saturated heterocycles. The van der Waals surface area contributed by atoms with E-state index >= 15 is 0 Å². The third kappa shape index (κ3) is 5.34. The number of halogens is 1. The van der Waals surface area contributed by atoms with Gasteiger partial charge in [0.1, 0.15) is 11.5 Å². The number of rotatable bonds is 7. The van der Waals surface area contributed by atoms with Crippen molar-refractivity contribution >= 4 is 23.4 Å². The van der Waals surface area contributed by atoms with Crippen LogP contribution in [0.25, 0.3) is 11.3 Å². The molecule has 0 aliphatic carbocycles. The molecule has 0 atom stereocenters. The van der Waals surface area contributed by atoms with Gasteiger partial charge in [-0.2, -0.15) is 0 Å². The minimum absolute atomic E-state index is 0.00708. The summed E-state index contributed by atoms with van der Waals surface area (Å²) in [5.41, 5.74) is 1.26. The highest BCUT2D eigenvalue weighted by Crippen LogP contribution is 2.28. The summed E-state index contributed by atoms with van der Waals surface area (Å²) in [6, 6.07) is 12.5. The van der Waals surface area contributed by atoms with E-state index in [0.29, 0.717) is 66.3 Å². The first-order chi connectivity index (χ1) is 16.5. The van der Waals surface area contributed by atoms with Gasteiger partial charge in [0.2, 0.25) is 5.91 Å². The van der Waals surface area contributed by atoms with Gasteiger partial charge in [0.05, 0.1) is 25.4 Å². The van der Waals surface area contributed by atoms with Crippen molar-refractivity contribution in [2.75, 3.05) is 40.4 Å². The number of amides is 2. The van der Waals surface area contributed by atoms with Gasteiger partial charge in [0.25, 0.3) is 5.91 Å². The molecule has 2 amide bonds. The molecule has 0 unspecified atom stereocenters. The molecule has 34 heavy (non-hydrogen) atoms. The Labute approximate surface area is 203 Å². The van der Waals surface area contributed by atoms with Crippen molar-refractivity contribution in [3.8, 4) is 22.8 Å². The standard InChI is InChI=1S/C25H26ClN3O5/c1-32-18-13-17(14-19(15-18)33-2)25(31)29-11-9-28(10-12-29)24(30)8-7-23-27-16-22(34-23)20-5-3-4-6-21(20)26/h3-6,13-16H,7-12H2,1-2H3. The van der Waals surface area contributed by atoms with Crippen LogP contribution in [0.15, 0.2) is 53.1 Å². The highest BCUT2D eigenvalue weighted by molar-refractivity contribution is 6.33. The number of carbonyl (C=O) groups is 2. The van der Waals surface area contributed by atoms with E-state index in [2.05, 4.69) is 4.98 Å². The fourth-order valence-electron chi connectivity index (χ4n) is 3.86. The van der Waals surface area contributed by atoms with E-state index in [1.807, 2.05) is 18.2 Å². The molecule has 8 nitrogen and oxygen atoms in total. The Hall–Kier alpha value is -3.52. The van der Waals surface area contributed by atoms with E-state index < -0.39 is 0 Å². The van der Waals surface area contributed by atoms with Gasteiger partial charge in [0.15, 0.2) is 11.7 Å². The quantitative estimate of drug-likeness (QED) is 0.506. The summed E-state index contributed by atoms with van der Waals surface area (Å²) in [4.78, 5) is 33.5. The molecular formula is C25H26ClN3O5. The van der Waals surface area contributed by atoms with Gasteiger partial charge in [0, 0.05) is 56.2 Å². The predicted octanol–water partition coefficient (Wildman–Crippen LogP) is 3.93. The van der Waals surface area contributed by atoms with E-state index in [4.69, 9.17) is 25.5 Å². The Morgan fingerprint density at radius 1 is 1.00 bits per heavy atom. The third-order valence-electron chi connectivity index (χ3n) is 5.76. The average molecular weight is 484 g/mol. The van der Waals surface area contributed by atoms with Crippen molar-refractivity contribution < 1.29 is 23.5 Å². The van der Waals surface area contributed by atoms with E-state index in [1.54, 1.807) is 54.5 Å². The Bertz CT molecular complexity index is 1150. The van der Waals surface area contributed by atoms with Crippen LogP contribution >= 0.6 is 11.6 Å². The fraction of sp³-hybridized carbons (Fsp3) is 0.320. The molecule has 1 aliphatic heterocycles. The van der Waals surface area contributed by atoms with Crippen molar-refractivity contribution in [3.63, 3.8) is 0 Å². The van der Waals surface area contributed by atoms with Gasteiger partial charge >= 0.3 is 0 Å². The minimum atomic E-state index is -0.115. The molecular weight excluding hydrogens is 458 g/mol. The van der Waals surface area contributed by atoms with Crippen molar-refractivity contribution in [2.45, 2.75) is 12.8 Å². The van der Waals surface area contributed by atoms with Crippen molar-refractivity contribution in [3.05, 3.63) is 65.1 Å². The maximum absolute atomic E-state index is 12.9. The van der Waals surface area contributed by atoms with Crippen molar-refractivity contribution in [2.24, 2.45) is 0 Å². The summed E-state index contributed by atoms with van der Waals surface area (Å²) in [5.74, 6) is 2.07. The normalized spacial score (nSPS) is 13.6. The molecule has 1 aromatic heterocycles. The van der Waals surface area contributed by atoms with Crippen LogP contribution in [0.4, 0.5) is 0 Å². The van der Waals surface area contributed by atoms with Crippen LogP contribution in [-0.2, 0) is 11.2 Å². The predicted molar refractivity (Wildman–Crippen MR) is 127 cm³/mol. The number of oxazole rings is 1. The second-order valence-corrected chi connectivity index (χ2v) is 8.28. The van der Waals surface area contributed by atoms with Crippen molar-refractivity contribution in [1.29, 1.82) is 0 Å². The number of hydrogen-bond acceptors (Lipinski definition) is 6. The van der Waals surface area contributed by atoms with Gasteiger partial charge in [-0.15, -0.1) is 0 Å². The topological polar surface area (TPSA) is 85.1 Å². The van der Waals surface area contributed by atoms with Crippen LogP contribution in [0.1, 0.15) is 22.7 Å². The van der Waals surface area contributed by atoms with Gasteiger partial charge in [-0.1, -0.05) is 23.7 Å². The number of aromatic nitrogens is 1. The Balaban J connectivity index is 1.30. The Kier molecular flexibility index (Phi) is 7.37. The van der Waals surface area contributed by atoms with Crippen LogP contribution in [0.2, 0.25) is 5.02 Å². The minimum Gasteiger partial charge on any atom is -0.497 e. The van der Waals surface area contributed by atoms with Crippen LogP contribution < -0.4 is 9.47 Å². The molecule has 0 bridgehead atoms. The number of carbonyl (C=O) groups excluding carboxylic acids is 2. The lowest BCUT2D eigenvalue weighted by atomic mass is 10.1. The number of benzene rings is 2. The van der Waals surface area contributed by atoms with Gasteiger partial charge in [-0.3, -0.25) is 9.59 Å². The number of nitrogens with zero attached hydrogens (tertiary/aromatic N) is 3. The summed E-state index contributed by atoms with van der Waals surface area (Å²) >= 11 is 6.21. The molecule has 178 valence electrons. The molecule has 0 spiro atoms. The van der Waals surface area contributed by atoms with Crippen LogP contribution in [0, 0.1) is 0 Å². The first kappa shape index (κ1) is 23.6. The average Bonchev–Trinajstić information content (AvgIpc) is 3.35. The van der Waals surface area contributed by atoms with E-state index in [9.17, 15) is 9.59 Å². The van der Waals surface area contributed by atoms with E-state index in [1.165, 1.54) is 0 Å². The van der Waals surface area contributed by atoms with Gasteiger partial charge < -0.3 is 23.7 Å². The SMILES string of the molecule is COc1cc(OC)cc(C(=O)N2CCN(C(=O)CCc3ncc(-c4ccccc4Cl)o3)CC2)c1. The van der Waals surface area contributed by atoms with Gasteiger partial charge in [-0.25, -0.2) is 4.98 Å². The molecule has 2 aromatic carbocycles. The van der Waals surface area contributed by atoms with Gasteiger partial charge in [-0.05, 0) is 24.3 Å². The second kappa shape index (κ2) is 10.6. The zero-order chi connectivity index (χ0) is 24.1. The molecule has 4 rings (SSSR count). The van der Waals surface area contributed by atoms with Crippen molar-refractivity contribution in [1.82, 2.24) is 14.8 Å². The smallest absolute Gasteiger partial charge is 0.254 e. The summed E-state index contributed by atoms with van der Waals surface area (Å²) in [6.45, 7) is 1.86. The number of aryl methyl sites for hydroxylation is 1. The summed E-state index contributed by atoms with van der Waals surface area (Å²) in [7, 11) is 3.09. The zero-order valence-corrected chi connectivity index (χ0v) is 19.9. The Morgan fingerprint density at radius 2 is 1.65 bits per heavy atom. The number of ether oxygens (including phenoxy) is 2. The van der Waals surface area contributed by atoms with Crippen LogP contribution in [0.5, 0.6) is 11.5 Å². The maximum Gasteiger partial charge on any atom is 0.254 e. The van der Waals surface area contributed by atoms with Crippen LogP contribution in [0.3, 0.4) is 0 Å². The molecule has 0 N–H and O–H groups in total. The zero-order valence-electron chi connectivity index (χ0n) is 19.1. The third-order valence-corrected chi connectivity index (χ3v) is 6.09. The lowest BCUT2D eigenvalue weighted by molar-refractivity contribution is -0.132. The molecule has 0 radical (unpaired) electrons. The fourth-order valence-corrected chi connectivity index (χ4v) is 4.08. The summed E-state index contributed by atoms with van der Waals surface area (Å²) < 4.78 is 16.3. The van der Waals surface area contributed by atoms with E-state index in [-0.39, 0.29) is 18.2 Å². The maximum atomic E-state index is 12.9. The number of methoxy groups -OCH3 is 2. The number of hydrogen-bond donors (Lipinski definition) is 0. The molecule has 9 heteroatoms. The van der Waals surface area contributed by atoms with Crippen LogP contribution in [-0.4, -0.2) is 67.0 Å². The monoisotopic (exact) mass is 483 g/mol. The molecule has 1 fully saturated rings. The lowest BCUT2D eigenvalue weighted by Crippen LogP contribution is -2.50. The molecule has 2 heterocycles. The lowest BCUT2D eigenvalue weighted by Gasteiger charge is -2.35. The second-order valence-electron chi connectivity index (χ2n) is 7.87. The molecule has 3 aromatic rings. The Morgan fingerprint density at radius 3 is 2.29 bits per heavy atom. The number of piperazine rings is 1. The summed E-state index contributed by atoms with van der Waals surface area (Å²) in [5, 5.41) is 0.584. The molecule has 0 saturated carbocycles. The highest BCUT2D eigenvalue weighted by Gasteiger charge is 2.25. The largest absolute Gasteiger partial charge is 0.497 e. The van der Waals surface area contributed by atoms with E-state index in [0.717, 1.165) is 5.56 Å². The summed E-state index contributed by atoms with van der Waals surface area (Å²) in [6.07, 6.45) is 2.30. The molecule has 1 aliphatic rings.